The number of anilines is 2. The molecule has 0 aliphatic carbocycles. The van der Waals surface area contributed by atoms with Gasteiger partial charge in [0.15, 0.2) is 0 Å². The normalized spacial score (nSPS) is 10.0. The molecular weight excluding hydrogens is 273 g/mol. The number of hydrogen-bond donors (Lipinski definition) is 3. The van der Waals surface area contributed by atoms with Crippen molar-refractivity contribution in [2.24, 2.45) is 0 Å². The number of nitrogens with one attached hydrogen (secondary N) is 2. The molecule has 110 valence electrons. The van der Waals surface area contributed by atoms with E-state index in [2.05, 4.69) is 10.6 Å². The van der Waals surface area contributed by atoms with Crippen LogP contribution < -0.4 is 21.1 Å². The third-order valence-electron chi connectivity index (χ3n) is 2.87. The first-order valence-electron chi connectivity index (χ1n) is 6.32. The Balaban J connectivity index is 1.98. The molecule has 0 bridgehead atoms. The van der Waals surface area contributed by atoms with Gasteiger partial charge in [0, 0.05) is 17.8 Å². The van der Waals surface area contributed by atoms with E-state index in [9.17, 15) is 9.18 Å². The molecule has 0 aliphatic rings. The minimum atomic E-state index is -0.510. The predicted octanol–water partition coefficient (Wildman–Crippen LogP) is 2.74. The highest BCUT2D eigenvalue weighted by Crippen LogP contribution is 2.20. The number of rotatable bonds is 4. The second-order valence-corrected chi connectivity index (χ2v) is 4.36. The molecule has 0 saturated heterocycles. The van der Waals surface area contributed by atoms with Gasteiger partial charge in [0.05, 0.1) is 12.8 Å². The Morgan fingerprint density at radius 1 is 1.29 bits per heavy atom. The van der Waals surface area contributed by atoms with E-state index in [1.807, 2.05) is 0 Å². The standard InChI is InChI=1S/C15H16FN3O2/c1-21-14-7-6-11(17)8-10(14)9-18-15(20)19-13-5-3-2-4-12(13)16/h2-8H,9,17H2,1H3,(H2,18,19,20). The fourth-order valence-electron chi connectivity index (χ4n) is 1.84. The number of carbonyl (C=O) groups is 1. The maximum atomic E-state index is 13.4. The second-order valence-electron chi connectivity index (χ2n) is 4.36. The molecule has 0 unspecified atom stereocenters. The predicted molar refractivity (Wildman–Crippen MR) is 79.7 cm³/mol. The second kappa shape index (κ2) is 6.60. The van der Waals surface area contributed by atoms with E-state index in [1.165, 1.54) is 19.2 Å². The van der Waals surface area contributed by atoms with Crippen LogP contribution in [0.5, 0.6) is 5.75 Å². The maximum absolute atomic E-state index is 13.4. The highest BCUT2D eigenvalue weighted by Gasteiger charge is 2.08. The number of ether oxygens (including phenoxy) is 1. The van der Waals surface area contributed by atoms with E-state index in [1.54, 1.807) is 30.3 Å². The maximum Gasteiger partial charge on any atom is 0.319 e. The number of benzene rings is 2. The Hall–Kier alpha value is -2.76. The molecule has 5 nitrogen and oxygen atoms in total. The molecule has 2 aromatic rings. The SMILES string of the molecule is COc1ccc(N)cc1CNC(=O)Nc1ccccc1F. The van der Waals surface area contributed by atoms with Crippen LogP contribution in [0.25, 0.3) is 0 Å². The number of methoxy groups -OCH3 is 1. The van der Waals surface area contributed by atoms with Crippen molar-refractivity contribution in [3.8, 4) is 5.75 Å². The summed E-state index contributed by atoms with van der Waals surface area (Å²) in [5.41, 5.74) is 7.13. The van der Waals surface area contributed by atoms with Gasteiger partial charge in [-0.05, 0) is 30.3 Å². The lowest BCUT2D eigenvalue weighted by molar-refractivity contribution is 0.251. The number of urea groups is 1. The summed E-state index contributed by atoms with van der Waals surface area (Å²) in [7, 11) is 1.54. The van der Waals surface area contributed by atoms with E-state index >= 15 is 0 Å². The van der Waals surface area contributed by atoms with Crippen LogP contribution in [0.1, 0.15) is 5.56 Å². The van der Waals surface area contributed by atoms with Crippen molar-refractivity contribution in [1.29, 1.82) is 0 Å². The van der Waals surface area contributed by atoms with Crippen molar-refractivity contribution in [1.82, 2.24) is 5.32 Å². The molecule has 2 rings (SSSR count). The summed E-state index contributed by atoms with van der Waals surface area (Å²) in [5, 5.41) is 5.06. The van der Waals surface area contributed by atoms with Crippen molar-refractivity contribution in [3.63, 3.8) is 0 Å². The Bertz CT molecular complexity index is 647. The summed E-state index contributed by atoms with van der Waals surface area (Å²) in [6.07, 6.45) is 0. The molecule has 21 heavy (non-hydrogen) atoms. The molecule has 0 atom stereocenters. The molecule has 6 heteroatoms. The molecule has 2 aromatic carbocycles. The third kappa shape index (κ3) is 3.85. The molecule has 0 aromatic heterocycles. The van der Waals surface area contributed by atoms with E-state index in [4.69, 9.17) is 10.5 Å². The summed E-state index contributed by atoms with van der Waals surface area (Å²) in [6, 6.07) is 10.6. The fraction of sp³-hybridized carbons (Fsp3) is 0.133. The molecule has 0 heterocycles. The lowest BCUT2D eigenvalue weighted by atomic mass is 10.2. The number of amides is 2. The average Bonchev–Trinajstić information content (AvgIpc) is 2.48. The van der Waals surface area contributed by atoms with Gasteiger partial charge in [-0.25, -0.2) is 9.18 Å². The number of nitrogen functional groups attached to an aromatic ring is 1. The average molecular weight is 289 g/mol. The van der Waals surface area contributed by atoms with Crippen molar-refractivity contribution in [3.05, 3.63) is 53.8 Å². The number of para-hydroxylation sites is 1. The van der Waals surface area contributed by atoms with E-state index < -0.39 is 11.8 Å². The van der Waals surface area contributed by atoms with Crippen LogP contribution in [0.2, 0.25) is 0 Å². The molecule has 0 aliphatic heterocycles. The van der Waals surface area contributed by atoms with Gasteiger partial charge in [-0.3, -0.25) is 0 Å². The minimum absolute atomic E-state index is 0.120. The van der Waals surface area contributed by atoms with Crippen LogP contribution in [0, 0.1) is 5.82 Å². The first kappa shape index (κ1) is 14.6. The molecule has 4 N–H and O–H groups in total. The Morgan fingerprint density at radius 3 is 2.76 bits per heavy atom. The van der Waals surface area contributed by atoms with Gasteiger partial charge in [0.25, 0.3) is 0 Å². The first-order valence-corrected chi connectivity index (χ1v) is 6.32. The quantitative estimate of drug-likeness (QED) is 0.757. The molecule has 0 saturated carbocycles. The zero-order valence-corrected chi connectivity index (χ0v) is 11.5. The van der Waals surface area contributed by atoms with Crippen molar-refractivity contribution < 1.29 is 13.9 Å². The Morgan fingerprint density at radius 2 is 2.05 bits per heavy atom. The molecule has 0 spiro atoms. The van der Waals surface area contributed by atoms with Crippen molar-refractivity contribution in [2.75, 3.05) is 18.2 Å². The van der Waals surface area contributed by atoms with Gasteiger partial charge < -0.3 is 21.1 Å². The van der Waals surface area contributed by atoms with Gasteiger partial charge in [-0.15, -0.1) is 0 Å². The summed E-state index contributed by atoms with van der Waals surface area (Å²) >= 11 is 0. The van der Waals surface area contributed by atoms with Gasteiger partial charge in [0.2, 0.25) is 0 Å². The fourth-order valence-corrected chi connectivity index (χ4v) is 1.84. The minimum Gasteiger partial charge on any atom is -0.496 e. The van der Waals surface area contributed by atoms with E-state index in [0.717, 1.165) is 5.56 Å². The highest BCUT2D eigenvalue weighted by atomic mass is 19.1. The largest absolute Gasteiger partial charge is 0.496 e. The zero-order valence-electron chi connectivity index (χ0n) is 11.5. The van der Waals surface area contributed by atoms with Crippen LogP contribution in [0.4, 0.5) is 20.6 Å². The lowest BCUT2D eigenvalue weighted by Gasteiger charge is -2.11. The Labute approximate surface area is 121 Å². The smallest absolute Gasteiger partial charge is 0.319 e. The van der Waals surface area contributed by atoms with Crippen molar-refractivity contribution in [2.45, 2.75) is 6.54 Å². The molecule has 0 fully saturated rings. The summed E-state index contributed by atoms with van der Waals surface area (Å²) in [6.45, 7) is 0.217. The molecule has 2 amide bonds. The number of nitrogens with two attached hydrogens (primary N) is 1. The Kier molecular flexibility index (Phi) is 4.61. The van der Waals surface area contributed by atoms with Gasteiger partial charge in [-0.2, -0.15) is 0 Å². The third-order valence-corrected chi connectivity index (χ3v) is 2.87. The van der Waals surface area contributed by atoms with Crippen LogP contribution >= 0.6 is 0 Å². The molecule has 0 radical (unpaired) electrons. The van der Waals surface area contributed by atoms with E-state index in [0.29, 0.717) is 11.4 Å². The van der Waals surface area contributed by atoms with Gasteiger partial charge in [0.1, 0.15) is 11.6 Å². The van der Waals surface area contributed by atoms with Crippen LogP contribution in [0.15, 0.2) is 42.5 Å². The lowest BCUT2D eigenvalue weighted by Crippen LogP contribution is -2.28. The zero-order chi connectivity index (χ0) is 15.2. The number of halogens is 1. The summed E-state index contributed by atoms with van der Waals surface area (Å²) in [4.78, 5) is 11.8. The van der Waals surface area contributed by atoms with Crippen LogP contribution in [-0.2, 0) is 6.54 Å². The van der Waals surface area contributed by atoms with Gasteiger partial charge in [-0.1, -0.05) is 12.1 Å². The van der Waals surface area contributed by atoms with Crippen LogP contribution in [-0.4, -0.2) is 13.1 Å². The van der Waals surface area contributed by atoms with Crippen LogP contribution in [0.3, 0.4) is 0 Å². The summed E-state index contributed by atoms with van der Waals surface area (Å²) < 4.78 is 18.6. The first-order chi connectivity index (χ1) is 10.1. The number of hydrogen-bond acceptors (Lipinski definition) is 3. The van der Waals surface area contributed by atoms with Gasteiger partial charge >= 0.3 is 6.03 Å². The highest BCUT2D eigenvalue weighted by molar-refractivity contribution is 5.89. The molecular formula is C15H16FN3O2. The summed E-state index contributed by atoms with van der Waals surface area (Å²) in [5.74, 6) is 0.129. The topological polar surface area (TPSA) is 76.4 Å². The van der Waals surface area contributed by atoms with Crippen molar-refractivity contribution >= 4 is 17.4 Å². The number of carbonyl (C=O) groups excluding carboxylic acids is 1. The van der Waals surface area contributed by atoms with E-state index in [-0.39, 0.29) is 12.2 Å². The monoisotopic (exact) mass is 289 g/mol.